The molecule has 0 spiro atoms. The smallest absolute Gasteiger partial charge is 0.227 e. The Labute approximate surface area is 166 Å². The van der Waals surface area contributed by atoms with Crippen LogP contribution in [0.3, 0.4) is 0 Å². The van der Waals surface area contributed by atoms with Gasteiger partial charge in [-0.3, -0.25) is 4.98 Å². The number of pyridine rings is 1. The zero-order valence-electron chi connectivity index (χ0n) is 16.4. The van der Waals surface area contributed by atoms with Crippen molar-refractivity contribution in [2.75, 3.05) is 25.0 Å². The quantitative estimate of drug-likeness (QED) is 0.683. The Morgan fingerprint density at radius 1 is 0.821 bits per heavy atom. The van der Waals surface area contributed by atoms with E-state index in [4.69, 9.17) is 0 Å². The maximum absolute atomic E-state index is 4.59. The third-order valence-corrected chi connectivity index (χ3v) is 5.25. The number of aromatic nitrogens is 3. The second-order valence-corrected chi connectivity index (χ2v) is 7.48. The Morgan fingerprint density at radius 3 is 2.25 bits per heavy atom. The lowest BCUT2D eigenvalue weighted by molar-refractivity contribution is 0.231. The number of anilines is 2. The monoisotopic (exact) mass is 373 g/mol. The molecule has 1 N–H and O–H groups in total. The van der Waals surface area contributed by atoms with Crippen LogP contribution in [0.15, 0.2) is 55.0 Å². The van der Waals surface area contributed by atoms with E-state index in [0.29, 0.717) is 5.95 Å². The summed E-state index contributed by atoms with van der Waals surface area (Å²) in [5.74, 6) is 0.582. The standard InChI is InChI=1S/C23H27N5/c1-18-5-7-19(8-6-18)20-15-25-23(26-16-20)27-22-10-9-21(24-17-22)11-14-28-12-3-2-4-13-28/h5-10,15-17H,2-4,11-14H2,1H3,(H,25,26,27). The molecule has 28 heavy (non-hydrogen) atoms. The van der Waals surface area contributed by atoms with E-state index in [1.165, 1.54) is 37.9 Å². The molecule has 3 heterocycles. The van der Waals surface area contributed by atoms with Gasteiger partial charge in [0.1, 0.15) is 0 Å². The van der Waals surface area contributed by atoms with Gasteiger partial charge < -0.3 is 10.2 Å². The lowest BCUT2D eigenvalue weighted by Crippen LogP contribution is -2.31. The Morgan fingerprint density at radius 2 is 1.57 bits per heavy atom. The first-order valence-electron chi connectivity index (χ1n) is 10.1. The highest BCUT2D eigenvalue weighted by molar-refractivity contribution is 5.63. The molecule has 4 rings (SSSR count). The van der Waals surface area contributed by atoms with E-state index in [1.807, 2.05) is 18.6 Å². The molecule has 0 unspecified atom stereocenters. The minimum absolute atomic E-state index is 0.582. The van der Waals surface area contributed by atoms with Gasteiger partial charge in [0.15, 0.2) is 0 Å². The van der Waals surface area contributed by atoms with Crippen LogP contribution >= 0.6 is 0 Å². The topological polar surface area (TPSA) is 53.9 Å². The summed E-state index contributed by atoms with van der Waals surface area (Å²) in [7, 11) is 0. The number of likely N-dealkylation sites (tertiary alicyclic amines) is 1. The molecule has 0 radical (unpaired) electrons. The van der Waals surface area contributed by atoms with Gasteiger partial charge in [0.25, 0.3) is 0 Å². The summed E-state index contributed by atoms with van der Waals surface area (Å²) in [5.41, 5.74) is 5.42. The minimum Gasteiger partial charge on any atom is -0.323 e. The molecule has 0 bridgehead atoms. The SMILES string of the molecule is Cc1ccc(-c2cnc(Nc3ccc(CCN4CCCCC4)nc3)nc2)cc1. The van der Waals surface area contributed by atoms with E-state index in [-0.39, 0.29) is 0 Å². The van der Waals surface area contributed by atoms with Crippen molar-refractivity contribution < 1.29 is 0 Å². The minimum atomic E-state index is 0.582. The van der Waals surface area contributed by atoms with Crippen molar-refractivity contribution in [3.05, 3.63) is 66.2 Å². The maximum atomic E-state index is 4.59. The van der Waals surface area contributed by atoms with Crippen molar-refractivity contribution >= 4 is 11.6 Å². The van der Waals surface area contributed by atoms with Crippen molar-refractivity contribution in [2.45, 2.75) is 32.6 Å². The summed E-state index contributed by atoms with van der Waals surface area (Å²) in [6.45, 7) is 5.65. The Kier molecular flexibility index (Phi) is 5.92. The van der Waals surface area contributed by atoms with Crippen LogP contribution in [0.1, 0.15) is 30.5 Å². The van der Waals surface area contributed by atoms with Gasteiger partial charge in [-0.05, 0) is 50.6 Å². The summed E-state index contributed by atoms with van der Waals surface area (Å²) in [6, 6.07) is 12.5. The van der Waals surface area contributed by atoms with Gasteiger partial charge in [0.2, 0.25) is 5.95 Å². The zero-order valence-corrected chi connectivity index (χ0v) is 16.4. The highest BCUT2D eigenvalue weighted by Gasteiger charge is 2.10. The van der Waals surface area contributed by atoms with Gasteiger partial charge in [0, 0.05) is 36.6 Å². The van der Waals surface area contributed by atoms with Gasteiger partial charge in [-0.15, -0.1) is 0 Å². The Bertz CT molecular complexity index is 866. The molecule has 5 nitrogen and oxygen atoms in total. The fourth-order valence-electron chi connectivity index (χ4n) is 3.52. The lowest BCUT2D eigenvalue weighted by Gasteiger charge is -2.26. The Balaban J connectivity index is 1.33. The molecule has 144 valence electrons. The van der Waals surface area contributed by atoms with E-state index < -0.39 is 0 Å². The van der Waals surface area contributed by atoms with Crippen LogP contribution in [0.5, 0.6) is 0 Å². The summed E-state index contributed by atoms with van der Waals surface area (Å²) in [4.78, 5) is 16.0. The van der Waals surface area contributed by atoms with Crippen LogP contribution in [-0.2, 0) is 6.42 Å². The molecule has 5 heteroatoms. The average molecular weight is 374 g/mol. The maximum Gasteiger partial charge on any atom is 0.227 e. The number of piperidine rings is 1. The molecule has 3 aromatic rings. The second-order valence-electron chi connectivity index (χ2n) is 7.48. The van der Waals surface area contributed by atoms with E-state index in [0.717, 1.165) is 35.5 Å². The normalized spacial score (nSPS) is 14.8. The van der Waals surface area contributed by atoms with E-state index in [1.54, 1.807) is 0 Å². The van der Waals surface area contributed by atoms with E-state index >= 15 is 0 Å². The van der Waals surface area contributed by atoms with Crippen LogP contribution in [0, 0.1) is 6.92 Å². The van der Waals surface area contributed by atoms with E-state index in [9.17, 15) is 0 Å². The highest BCUT2D eigenvalue weighted by Crippen LogP contribution is 2.20. The number of hydrogen-bond donors (Lipinski definition) is 1. The third kappa shape index (κ3) is 4.93. The van der Waals surface area contributed by atoms with Crippen molar-refractivity contribution in [1.82, 2.24) is 19.9 Å². The molecule has 1 fully saturated rings. The van der Waals surface area contributed by atoms with Crippen molar-refractivity contribution in [1.29, 1.82) is 0 Å². The first kappa shape index (κ1) is 18.6. The van der Waals surface area contributed by atoms with Crippen LogP contribution in [-0.4, -0.2) is 39.5 Å². The number of rotatable bonds is 6. The Hall–Kier alpha value is -2.79. The van der Waals surface area contributed by atoms with Crippen molar-refractivity contribution in [2.24, 2.45) is 0 Å². The van der Waals surface area contributed by atoms with Crippen LogP contribution in [0.2, 0.25) is 0 Å². The molecule has 1 aliphatic heterocycles. The molecule has 0 aliphatic carbocycles. The van der Waals surface area contributed by atoms with Gasteiger partial charge in [-0.2, -0.15) is 0 Å². The predicted molar refractivity (Wildman–Crippen MR) is 114 cm³/mol. The van der Waals surface area contributed by atoms with E-state index in [2.05, 4.69) is 68.5 Å². The fourth-order valence-corrected chi connectivity index (χ4v) is 3.52. The molecule has 1 aromatic carbocycles. The molecular formula is C23H27N5. The summed E-state index contributed by atoms with van der Waals surface area (Å²) < 4.78 is 0. The molecule has 2 aromatic heterocycles. The van der Waals surface area contributed by atoms with Gasteiger partial charge >= 0.3 is 0 Å². The van der Waals surface area contributed by atoms with Crippen molar-refractivity contribution in [3.8, 4) is 11.1 Å². The number of nitrogens with one attached hydrogen (secondary N) is 1. The first-order chi connectivity index (χ1) is 13.8. The number of benzene rings is 1. The fraction of sp³-hybridized carbons (Fsp3) is 0.348. The van der Waals surface area contributed by atoms with Crippen LogP contribution in [0.4, 0.5) is 11.6 Å². The number of nitrogens with zero attached hydrogens (tertiary/aromatic N) is 4. The van der Waals surface area contributed by atoms with Crippen LogP contribution < -0.4 is 5.32 Å². The lowest BCUT2D eigenvalue weighted by atomic mass is 10.1. The predicted octanol–water partition coefficient (Wildman–Crippen LogP) is 4.62. The summed E-state index contributed by atoms with van der Waals surface area (Å²) >= 11 is 0. The van der Waals surface area contributed by atoms with Gasteiger partial charge in [-0.1, -0.05) is 36.2 Å². The number of hydrogen-bond acceptors (Lipinski definition) is 5. The largest absolute Gasteiger partial charge is 0.323 e. The molecular weight excluding hydrogens is 346 g/mol. The summed E-state index contributed by atoms with van der Waals surface area (Å²) in [6.07, 6.45) is 10.6. The second kappa shape index (κ2) is 8.93. The molecule has 0 atom stereocenters. The third-order valence-electron chi connectivity index (χ3n) is 5.25. The zero-order chi connectivity index (χ0) is 19.2. The average Bonchev–Trinajstić information content (AvgIpc) is 2.75. The molecule has 0 saturated carbocycles. The first-order valence-corrected chi connectivity index (χ1v) is 10.1. The number of aryl methyl sites for hydroxylation is 1. The molecule has 1 aliphatic rings. The van der Waals surface area contributed by atoms with Gasteiger partial charge in [0.05, 0.1) is 11.9 Å². The summed E-state index contributed by atoms with van der Waals surface area (Å²) in [5, 5.41) is 3.23. The molecule has 1 saturated heterocycles. The van der Waals surface area contributed by atoms with Crippen LogP contribution in [0.25, 0.3) is 11.1 Å². The molecule has 0 amide bonds. The van der Waals surface area contributed by atoms with Crippen molar-refractivity contribution in [3.63, 3.8) is 0 Å². The van der Waals surface area contributed by atoms with Gasteiger partial charge in [-0.25, -0.2) is 9.97 Å². The highest BCUT2D eigenvalue weighted by atomic mass is 15.1.